The summed E-state index contributed by atoms with van der Waals surface area (Å²) in [5.41, 5.74) is 1.36. The van der Waals surface area contributed by atoms with E-state index < -0.39 is 5.92 Å². The third-order valence-electron chi connectivity index (χ3n) is 4.34. The topological polar surface area (TPSA) is 70.0 Å². The predicted molar refractivity (Wildman–Crippen MR) is 99.1 cm³/mol. The quantitative estimate of drug-likeness (QED) is 0.737. The number of benzene rings is 1. The van der Waals surface area contributed by atoms with Gasteiger partial charge in [-0.3, -0.25) is 14.6 Å². The minimum absolute atomic E-state index is 0.0112. The standard InChI is InChI=1S/C20H26N2O3/c1-22(2)11-10-21-14-17-19(24)12-16(13-20(17)25)18(23)9-8-15-6-4-3-5-7-15/h3-7,14,16,24H,8-13H2,1-2H3. The van der Waals surface area contributed by atoms with Gasteiger partial charge in [-0.05, 0) is 26.1 Å². The van der Waals surface area contributed by atoms with Gasteiger partial charge in [0.15, 0.2) is 5.78 Å². The molecule has 1 atom stereocenters. The molecule has 0 aliphatic heterocycles. The summed E-state index contributed by atoms with van der Waals surface area (Å²) in [6.07, 6.45) is 2.89. The number of likely N-dealkylation sites (N-methyl/N-ethyl adjacent to an activating group) is 1. The smallest absolute Gasteiger partial charge is 0.168 e. The number of ketones is 2. The number of Topliss-reactive ketones (excluding diaryl/α,β-unsaturated/α-hetero) is 2. The number of aliphatic hydroxyl groups excluding tert-OH is 1. The van der Waals surface area contributed by atoms with E-state index in [0.29, 0.717) is 19.4 Å². The molecule has 1 aromatic rings. The second-order valence-electron chi connectivity index (χ2n) is 6.68. The first-order valence-corrected chi connectivity index (χ1v) is 8.64. The van der Waals surface area contributed by atoms with Crippen molar-refractivity contribution in [2.45, 2.75) is 25.7 Å². The van der Waals surface area contributed by atoms with Crippen molar-refractivity contribution in [3.05, 3.63) is 47.2 Å². The van der Waals surface area contributed by atoms with Gasteiger partial charge >= 0.3 is 0 Å². The normalized spacial score (nSPS) is 18.4. The highest BCUT2D eigenvalue weighted by atomic mass is 16.3. The Morgan fingerprint density at radius 2 is 2.00 bits per heavy atom. The molecule has 0 bridgehead atoms. The van der Waals surface area contributed by atoms with E-state index in [2.05, 4.69) is 4.99 Å². The van der Waals surface area contributed by atoms with E-state index in [0.717, 1.165) is 12.1 Å². The van der Waals surface area contributed by atoms with Crippen LogP contribution in [0.4, 0.5) is 0 Å². The second kappa shape index (κ2) is 9.28. The zero-order valence-electron chi connectivity index (χ0n) is 14.9. The number of nitrogens with zero attached hydrogens (tertiary/aromatic N) is 2. The van der Waals surface area contributed by atoms with Crippen LogP contribution in [0.15, 0.2) is 46.7 Å². The first-order valence-electron chi connectivity index (χ1n) is 8.64. The van der Waals surface area contributed by atoms with Crippen LogP contribution in [0.25, 0.3) is 0 Å². The molecule has 2 rings (SSSR count). The van der Waals surface area contributed by atoms with Crippen LogP contribution in [0.2, 0.25) is 0 Å². The van der Waals surface area contributed by atoms with E-state index in [-0.39, 0.29) is 35.7 Å². The molecule has 5 nitrogen and oxygen atoms in total. The lowest BCUT2D eigenvalue weighted by molar-refractivity contribution is -0.127. The van der Waals surface area contributed by atoms with E-state index in [1.807, 2.05) is 49.3 Å². The molecule has 1 unspecified atom stereocenters. The summed E-state index contributed by atoms with van der Waals surface area (Å²) >= 11 is 0. The molecule has 1 aromatic carbocycles. The number of carbonyl (C=O) groups is 2. The molecule has 1 aliphatic carbocycles. The van der Waals surface area contributed by atoms with Gasteiger partial charge in [0.2, 0.25) is 0 Å². The Hall–Kier alpha value is -2.27. The molecule has 0 saturated carbocycles. The lowest BCUT2D eigenvalue weighted by atomic mass is 9.83. The number of allylic oxidation sites excluding steroid dienone is 2. The Labute approximate surface area is 149 Å². The Kier molecular flexibility index (Phi) is 7.07. The zero-order valence-corrected chi connectivity index (χ0v) is 14.9. The van der Waals surface area contributed by atoms with E-state index in [1.54, 1.807) is 0 Å². The third kappa shape index (κ3) is 5.94. The average molecular weight is 342 g/mol. The summed E-state index contributed by atoms with van der Waals surface area (Å²) in [6.45, 7) is 1.34. The lowest BCUT2D eigenvalue weighted by Gasteiger charge is -2.21. The molecule has 0 amide bonds. The SMILES string of the molecule is CN(C)CCN=CC1=C(O)CC(C(=O)CCc2ccccc2)CC1=O. The number of hydrogen-bond acceptors (Lipinski definition) is 5. The van der Waals surface area contributed by atoms with Crippen molar-refractivity contribution in [2.75, 3.05) is 27.2 Å². The lowest BCUT2D eigenvalue weighted by Crippen LogP contribution is -2.26. The number of carbonyl (C=O) groups excluding carboxylic acids is 2. The maximum atomic E-state index is 12.4. The van der Waals surface area contributed by atoms with Crippen molar-refractivity contribution in [2.24, 2.45) is 10.9 Å². The monoisotopic (exact) mass is 342 g/mol. The van der Waals surface area contributed by atoms with Crippen molar-refractivity contribution >= 4 is 17.8 Å². The molecule has 5 heteroatoms. The minimum atomic E-state index is -0.421. The van der Waals surface area contributed by atoms with Crippen LogP contribution in [0.3, 0.4) is 0 Å². The van der Waals surface area contributed by atoms with E-state index >= 15 is 0 Å². The maximum absolute atomic E-state index is 12.4. The fourth-order valence-electron chi connectivity index (χ4n) is 2.81. The van der Waals surface area contributed by atoms with Gasteiger partial charge in [-0.25, -0.2) is 0 Å². The van der Waals surface area contributed by atoms with E-state index in [1.165, 1.54) is 6.21 Å². The van der Waals surface area contributed by atoms with Crippen LogP contribution in [-0.2, 0) is 16.0 Å². The van der Waals surface area contributed by atoms with Crippen LogP contribution < -0.4 is 0 Å². The van der Waals surface area contributed by atoms with Gasteiger partial charge in [-0.2, -0.15) is 0 Å². The molecule has 0 saturated heterocycles. The minimum Gasteiger partial charge on any atom is -0.511 e. The number of rotatable bonds is 8. The van der Waals surface area contributed by atoms with E-state index in [9.17, 15) is 14.7 Å². The van der Waals surface area contributed by atoms with Gasteiger partial charge in [0.05, 0.1) is 12.1 Å². The molecular formula is C20H26N2O3. The van der Waals surface area contributed by atoms with Gasteiger partial charge in [0.1, 0.15) is 11.5 Å². The third-order valence-corrected chi connectivity index (χ3v) is 4.34. The largest absolute Gasteiger partial charge is 0.511 e. The summed E-state index contributed by atoms with van der Waals surface area (Å²) in [6, 6.07) is 9.80. The van der Waals surface area contributed by atoms with Crippen LogP contribution in [0, 0.1) is 5.92 Å². The number of hydrogen-bond donors (Lipinski definition) is 1. The summed E-state index contributed by atoms with van der Waals surface area (Å²) in [5.74, 6) is -0.596. The molecule has 134 valence electrons. The Morgan fingerprint density at radius 3 is 2.64 bits per heavy atom. The summed E-state index contributed by atoms with van der Waals surface area (Å²) in [4.78, 5) is 30.8. The maximum Gasteiger partial charge on any atom is 0.168 e. The molecule has 0 fully saturated rings. The van der Waals surface area contributed by atoms with Crippen molar-refractivity contribution in [1.29, 1.82) is 0 Å². The van der Waals surface area contributed by atoms with Gasteiger partial charge in [0.25, 0.3) is 0 Å². The highest BCUT2D eigenvalue weighted by molar-refractivity contribution is 6.15. The Bertz CT molecular complexity index is 663. The fourth-order valence-corrected chi connectivity index (χ4v) is 2.81. The molecule has 1 N–H and O–H groups in total. The fraction of sp³-hybridized carbons (Fsp3) is 0.450. The van der Waals surface area contributed by atoms with Gasteiger partial charge < -0.3 is 10.0 Å². The van der Waals surface area contributed by atoms with Crippen molar-refractivity contribution in [1.82, 2.24) is 4.90 Å². The first kappa shape index (κ1) is 19.1. The van der Waals surface area contributed by atoms with Crippen molar-refractivity contribution in [3.8, 4) is 0 Å². The van der Waals surface area contributed by atoms with Crippen LogP contribution in [-0.4, -0.2) is 55.0 Å². The highest BCUT2D eigenvalue weighted by Crippen LogP contribution is 2.27. The molecule has 25 heavy (non-hydrogen) atoms. The van der Waals surface area contributed by atoms with Crippen molar-refractivity contribution < 1.29 is 14.7 Å². The zero-order chi connectivity index (χ0) is 18.2. The van der Waals surface area contributed by atoms with Gasteiger partial charge in [0, 0.05) is 37.9 Å². The van der Waals surface area contributed by atoms with Gasteiger partial charge in [-0.15, -0.1) is 0 Å². The molecule has 0 radical (unpaired) electrons. The molecular weight excluding hydrogens is 316 g/mol. The predicted octanol–water partition coefficient (Wildman–Crippen LogP) is 2.61. The summed E-state index contributed by atoms with van der Waals surface area (Å²) < 4.78 is 0. The average Bonchev–Trinajstić information content (AvgIpc) is 2.58. The Balaban J connectivity index is 1.91. The number of aliphatic imine (C=N–C) groups is 1. The molecule has 0 spiro atoms. The van der Waals surface area contributed by atoms with E-state index in [4.69, 9.17) is 0 Å². The molecule has 0 aromatic heterocycles. The summed E-state index contributed by atoms with van der Waals surface area (Å²) in [7, 11) is 3.90. The molecule has 0 heterocycles. The highest BCUT2D eigenvalue weighted by Gasteiger charge is 2.30. The van der Waals surface area contributed by atoms with Crippen LogP contribution in [0.1, 0.15) is 24.8 Å². The first-order chi connectivity index (χ1) is 12.0. The molecule has 1 aliphatic rings. The van der Waals surface area contributed by atoms with Crippen LogP contribution >= 0.6 is 0 Å². The summed E-state index contributed by atoms with van der Waals surface area (Å²) in [5, 5.41) is 10.2. The second-order valence-corrected chi connectivity index (χ2v) is 6.68. The van der Waals surface area contributed by atoms with Crippen molar-refractivity contribution in [3.63, 3.8) is 0 Å². The van der Waals surface area contributed by atoms with Gasteiger partial charge in [-0.1, -0.05) is 30.3 Å². The Morgan fingerprint density at radius 1 is 1.28 bits per heavy atom. The number of aryl methyl sites for hydroxylation is 1. The number of aliphatic hydroxyl groups is 1. The van der Waals surface area contributed by atoms with Crippen LogP contribution in [0.5, 0.6) is 0 Å².